The molecular formula is C10H10F3NO4. The van der Waals surface area contributed by atoms with E-state index in [0.717, 1.165) is 13.2 Å². The maximum atomic E-state index is 12.2. The van der Waals surface area contributed by atoms with E-state index < -0.39 is 23.8 Å². The smallest absolute Gasteiger partial charge is 0.495 e. The van der Waals surface area contributed by atoms with Crippen molar-refractivity contribution in [3.63, 3.8) is 0 Å². The summed E-state index contributed by atoms with van der Waals surface area (Å²) in [6.45, 7) is 1.47. The van der Waals surface area contributed by atoms with Crippen molar-refractivity contribution in [2.45, 2.75) is 13.3 Å². The van der Waals surface area contributed by atoms with Crippen LogP contribution in [-0.4, -0.2) is 31.5 Å². The van der Waals surface area contributed by atoms with Crippen LogP contribution in [0.5, 0.6) is 11.5 Å². The summed E-state index contributed by atoms with van der Waals surface area (Å²) in [6, 6.07) is 0.933. The maximum absolute atomic E-state index is 12.2. The van der Waals surface area contributed by atoms with Gasteiger partial charge < -0.3 is 14.2 Å². The molecule has 18 heavy (non-hydrogen) atoms. The fourth-order valence-electron chi connectivity index (χ4n) is 1.22. The van der Waals surface area contributed by atoms with E-state index in [1.807, 2.05) is 0 Å². The van der Waals surface area contributed by atoms with Crippen LogP contribution >= 0.6 is 0 Å². The lowest BCUT2D eigenvalue weighted by Crippen LogP contribution is -2.20. The van der Waals surface area contributed by atoms with Crippen molar-refractivity contribution in [3.8, 4) is 11.5 Å². The molecule has 0 aliphatic rings. The molecule has 0 saturated carbocycles. The predicted molar refractivity (Wildman–Crippen MR) is 53.5 cm³/mol. The van der Waals surface area contributed by atoms with Crippen molar-refractivity contribution in [3.05, 3.63) is 17.5 Å². The average molecular weight is 265 g/mol. The molecule has 5 nitrogen and oxygen atoms in total. The minimum atomic E-state index is -4.94. The van der Waals surface area contributed by atoms with Gasteiger partial charge in [0.05, 0.1) is 19.9 Å². The molecule has 0 unspecified atom stereocenters. The highest BCUT2D eigenvalue weighted by Crippen LogP contribution is 2.30. The number of carbonyl (C=O) groups excluding carboxylic acids is 1. The standard InChI is InChI=1S/C10H10F3NO4/c1-5-6(16-2)4-7(18-10(11,12)13)8(14-5)9(15)17-3/h4H,1-3H3. The van der Waals surface area contributed by atoms with E-state index in [1.165, 1.54) is 14.0 Å². The van der Waals surface area contributed by atoms with Gasteiger partial charge in [0, 0.05) is 6.07 Å². The molecule has 0 spiro atoms. The van der Waals surface area contributed by atoms with Gasteiger partial charge in [-0.3, -0.25) is 0 Å². The number of hydrogen-bond acceptors (Lipinski definition) is 5. The largest absolute Gasteiger partial charge is 0.573 e. The third-order valence-electron chi connectivity index (χ3n) is 1.96. The number of aryl methyl sites for hydroxylation is 1. The Balaban J connectivity index is 3.30. The number of alkyl halides is 3. The van der Waals surface area contributed by atoms with E-state index in [2.05, 4.69) is 14.5 Å². The molecular weight excluding hydrogens is 255 g/mol. The Morgan fingerprint density at radius 1 is 1.28 bits per heavy atom. The molecule has 1 rings (SSSR count). The molecule has 0 aromatic carbocycles. The highest BCUT2D eigenvalue weighted by Gasteiger charge is 2.34. The van der Waals surface area contributed by atoms with Gasteiger partial charge in [-0.15, -0.1) is 13.2 Å². The molecule has 0 aliphatic heterocycles. The van der Waals surface area contributed by atoms with Gasteiger partial charge >= 0.3 is 12.3 Å². The third-order valence-corrected chi connectivity index (χ3v) is 1.96. The minimum absolute atomic E-state index is 0.0712. The number of pyridine rings is 1. The van der Waals surface area contributed by atoms with E-state index in [0.29, 0.717) is 0 Å². The monoisotopic (exact) mass is 265 g/mol. The first-order chi connectivity index (χ1) is 8.28. The van der Waals surface area contributed by atoms with E-state index in [9.17, 15) is 18.0 Å². The van der Waals surface area contributed by atoms with Gasteiger partial charge in [0.1, 0.15) is 5.75 Å². The Morgan fingerprint density at radius 3 is 2.33 bits per heavy atom. The van der Waals surface area contributed by atoms with Crippen molar-refractivity contribution in [2.75, 3.05) is 14.2 Å². The van der Waals surface area contributed by atoms with Crippen LogP contribution in [0.1, 0.15) is 16.2 Å². The van der Waals surface area contributed by atoms with Crippen molar-refractivity contribution >= 4 is 5.97 Å². The molecule has 8 heteroatoms. The molecule has 0 aliphatic carbocycles. The molecule has 0 amide bonds. The lowest BCUT2D eigenvalue weighted by molar-refractivity contribution is -0.274. The Bertz CT molecular complexity index is 459. The first-order valence-electron chi connectivity index (χ1n) is 4.68. The number of methoxy groups -OCH3 is 2. The number of rotatable bonds is 3. The van der Waals surface area contributed by atoms with Gasteiger partial charge in [-0.25, -0.2) is 9.78 Å². The quantitative estimate of drug-likeness (QED) is 0.783. The zero-order valence-electron chi connectivity index (χ0n) is 9.79. The maximum Gasteiger partial charge on any atom is 0.573 e. The van der Waals surface area contributed by atoms with Gasteiger partial charge in [-0.05, 0) is 6.92 Å². The Hall–Kier alpha value is -1.99. The van der Waals surface area contributed by atoms with Crippen LogP contribution in [0.15, 0.2) is 6.07 Å². The third kappa shape index (κ3) is 3.25. The lowest BCUT2D eigenvalue weighted by atomic mass is 10.2. The number of nitrogens with zero attached hydrogens (tertiary/aromatic N) is 1. The molecule has 1 aromatic rings. The second-order valence-electron chi connectivity index (χ2n) is 3.16. The zero-order chi connectivity index (χ0) is 13.9. The summed E-state index contributed by atoms with van der Waals surface area (Å²) in [5, 5.41) is 0. The van der Waals surface area contributed by atoms with Crippen LogP contribution in [-0.2, 0) is 4.74 Å². The molecule has 0 atom stereocenters. The summed E-state index contributed by atoms with van der Waals surface area (Å²) < 4.78 is 49.4. The Labute approximate surface area is 100 Å². The molecule has 100 valence electrons. The van der Waals surface area contributed by atoms with Gasteiger partial charge in [0.25, 0.3) is 0 Å². The van der Waals surface area contributed by atoms with Gasteiger partial charge in [-0.1, -0.05) is 0 Å². The van der Waals surface area contributed by atoms with Crippen LogP contribution < -0.4 is 9.47 Å². The number of hydrogen-bond donors (Lipinski definition) is 0. The summed E-state index contributed by atoms with van der Waals surface area (Å²) in [5.74, 6) is -1.72. The van der Waals surface area contributed by atoms with Gasteiger partial charge in [0.2, 0.25) is 0 Å². The number of esters is 1. The number of halogens is 3. The first kappa shape index (κ1) is 14.1. The van der Waals surface area contributed by atoms with E-state index in [1.54, 1.807) is 0 Å². The summed E-state index contributed by atoms with van der Waals surface area (Å²) in [5.41, 5.74) is -0.319. The number of aromatic nitrogens is 1. The molecule has 1 aromatic heterocycles. The lowest BCUT2D eigenvalue weighted by Gasteiger charge is -2.13. The van der Waals surface area contributed by atoms with Crippen molar-refractivity contribution < 1.29 is 32.2 Å². The van der Waals surface area contributed by atoms with Crippen LogP contribution in [0.25, 0.3) is 0 Å². The predicted octanol–water partition coefficient (Wildman–Crippen LogP) is 2.08. The molecule has 1 heterocycles. The Kier molecular flexibility index (Phi) is 4.00. The van der Waals surface area contributed by atoms with Crippen molar-refractivity contribution in [2.24, 2.45) is 0 Å². The zero-order valence-corrected chi connectivity index (χ0v) is 9.79. The van der Waals surface area contributed by atoms with Crippen molar-refractivity contribution in [1.29, 1.82) is 0 Å². The molecule has 0 radical (unpaired) electrons. The summed E-state index contributed by atoms with van der Waals surface area (Å²) >= 11 is 0. The average Bonchev–Trinajstić information content (AvgIpc) is 2.28. The number of ether oxygens (including phenoxy) is 3. The second kappa shape index (κ2) is 5.11. The highest BCUT2D eigenvalue weighted by atomic mass is 19.4. The minimum Gasteiger partial charge on any atom is -0.495 e. The summed E-state index contributed by atoms with van der Waals surface area (Å²) in [6.07, 6.45) is -4.94. The topological polar surface area (TPSA) is 57.7 Å². The molecule has 0 fully saturated rings. The van der Waals surface area contributed by atoms with Crippen LogP contribution in [0.2, 0.25) is 0 Å². The van der Waals surface area contributed by atoms with E-state index >= 15 is 0 Å². The highest BCUT2D eigenvalue weighted by molar-refractivity contribution is 5.90. The Morgan fingerprint density at radius 2 is 1.89 bits per heavy atom. The van der Waals surface area contributed by atoms with Crippen molar-refractivity contribution in [1.82, 2.24) is 4.98 Å². The van der Waals surface area contributed by atoms with Crippen LogP contribution in [0, 0.1) is 6.92 Å². The second-order valence-corrected chi connectivity index (χ2v) is 3.16. The van der Waals surface area contributed by atoms with E-state index in [-0.39, 0.29) is 11.4 Å². The van der Waals surface area contributed by atoms with E-state index in [4.69, 9.17) is 4.74 Å². The van der Waals surface area contributed by atoms with Gasteiger partial charge in [0.15, 0.2) is 11.4 Å². The SMILES string of the molecule is COC(=O)c1nc(C)c(OC)cc1OC(F)(F)F. The first-order valence-corrected chi connectivity index (χ1v) is 4.68. The summed E-state index contributed by atoms with van der Waals surface area (Å²) in [4.78, 5) is 15.0. The van der Waals surface area contributed by atoms with Gasteiger partial charge in [-0.2, -0.15) is 0 Å². The number of carbonyl (C=O) groups is 1. The summed E-state index contributed by atoms with van der Waals surface area (Å²) in [7, 11) is 2.29. The normalized spacial score (nSPS) is 11.0. The fourth-order valence-corrected chi connectivity index (χ4v) is 1.22. The molecule has 0 saturated heterocycles. The fraction of sp³-hybridized carbons (Fsp3) is 0.400. The molecule has 0 N–H and O–H groups in total. The van der Waals surface area contributed by atoms with Crippen LogP contribution in [0.3, 0.4) is 0 Å². The van der Waals surface area contributed by atoms with Crippen LogP contribution in [0.4, 0.5) is 13.2 Å². The molecule has 0 bridgehead atoms.